The van der Waals surface area contributed by atoms with Gasteiger partial charge >= 0.3 is 0 Å². The summed E-state index contributed by atoms with van der Waals surface area (Å²) in [6.45, 7) is 2.06. The number of likely N-dealkylation sites (tertiary alicyclic amines) is 1. The van der Waals surface area contributed by atoms with Crippen molar-refractivity contribution in [1.29, 1.82) is 5.26 Å². The van der Waals surface area contributed by atoms with E-state index in [2.05, 4.69) is 4.90 Å². The third-order valence-corrected chi connectivity index (χ3v) is 3.77. The fourth-order valence-corrected chi connectivity index (χ4v) is 2.87. The smallest absolute Gasteiger partial charge is 0.220 e. The number of piperidine rings is 1. The standard InChI is InChI=1S/C16H21N3O3/c17-7-9-22-14-4-2-13(3-5-14)11-19-8-1-6-16(21,12-19)10-15(18)20/h2-5,21H,1,6,8-12H2,(H2,18,20). The van der Waals surface area contributed by atoms with Crippen LogP contribution in [0.4, 0.5) is 0 Å². The molecular weight excluding hydrogens is 282 g/mol. The minimum atomic E-state index is -1.01. The van der Waals surface area contributed by atoms with Crippen molar-refractivity contribution in [2.45, 2.75) is 31.4 Å². The monoisotopic (exact) mass is 303 g/mol. The molecule has 1 aromatic carbocycles. The van der Waals surface area contributed by atoms with Gasteiger partial charge in [-0.05, 0) is 37.1 Å². The van der Waals surface area contributed by atoms with Crippen molar-refractivity contribution >= 4 is 5.91 Å². The van der Waals surface area contributed by atoms with E-state index in [0.29, 0.717) is 25.3 Å². The summed E-state index contributed by atoms with van der Waals surface area (Å²) in [6.07, 6.45) is 1.45. The van der Waals surface area contributed by atoms with Crippen LogP contribution < -0.4 is 10.5 Å². The number of benzene rings is 1. The Hall–Kier alpha value is -2.10. The summed E-state index contributed by atoms with van der Waals surface area (Å²) in [4.78, 5) is 13.2. The van der Waals surface area contributed by atoms with Gasteiger partial charge in [-0.2, -0.15) is 5.26 Å². The van der Waals surface area contributed by atoms with E-state index >= 15 is 0 Å². The molecule has 1 heterocycles. The zero-order valence-corrected chi connectivity index (χ0v) is 12.5. The number of hydrogen-bond acceptors (Lipinski definition) is 5. The molecule has 1 saturated heterocycles. The molecule has 1 fully saturated rings. The molecule has 0 saturated carbocycles. The third-order valence-electron chi connectivity index (χ3n) is 3.77. The molecule has 6 heteroatoms. The summed E-state index contributed by atoms with van der Waals surface area (Å²) >= 11 is 0. The maximum atomic E-state index is 11.1. The summed E-state index contributed by atoms with van der Waals surface area (Å²) in [5, 5.41) is 18.9. The fraction of sp³-hybridized carbons (Fsp3) is 0.500. The van der Waals surface area contributed by atoms with Crippen LogP contribution in [0.1, 0.15) is 24.8 Å². The summed E-state index contributed by atoms with van der Waals surface area (Å²) in [5.41, 5.74) is 5.29. The van der Waals surface area contributed by atoms with E-state index in [9.17, 15) is 9.90 Å². The lowest BCUT2D eigenvalue weighted by Crippen LogP contribution is -2.49. The van der Waals surface area contributed by atoms with E-state index in [1.54, 1.807) is 0 Å². The van der Waals surface area contributed by atoms with Crippen molar-refractivity contribution in [3.63, 3.8) is 0 Å². The van der Waals surface area contributed by atoms with Gasteiger partial charge in [0, 0.05) is 13.1 Å². The lowest BCUT2D eigenvalue weighted by molar-refractivity contribution is -0.125. The molecule has 22 heavy (non-hydrogen) atoms. The highest BCUT2D eigenvalue weighted by Crippen LogP contribution is 2.25. The predicted molar refractivity (Wildman–Crippen MR) is 80.8 cm³/mol. The number of primary amides is 1. The minimum absolute atomic E-state index is 0.00440. The average molecular weight is 303 g/mol. The molecule has 0 bridgehead atoms. The van der Waals surface area contributed by atoms with Crippen LogP contribution in [0.15, 0.2) is 24.3 Å². The van der Waals surface area contributed by atoms with Crippen LogP contribution in [0.25, 0.3) is 0 Å². The van der Waals surface area contributed by atoms with Gasteiger partial charge < -0.3 is 15.6 Å². The van der Waals surface area contributed by atoms with Gasteiger partial charge in [0.15, 0.2) is 6.61 Å². The van der Waals surface area contributed by atoms with Crippen molar-refractivity contribution in [3.8, 4) is 11.8 Å². The molecule has 1 amide bonds. The van der Waals surface area contributed by atoms with Gasteiger partial charge in [-0.3, -0.25) is 9.69 Å². The number of ether oxygens (including phenoxy) is 1. The second kappa shape index (κ2) is 7.25. The maximum absolute atomic E-state index is 11.1. The van der Waals surface area contributed by atoms with Crippen molar-refractivity contribution in [2.24, 2.45) is 5.73 Å². The van der Waals surface area contributed by atoms with Gasteiger partial charge in [-0.1, -0.05) is 12.1 Å². The highest BCUT2D eigenvalue weighted by atomic mass is 16.5. The highest BCUT2D eigenvalue weighted by molar-refractivity contribution is 5.75. The second-order valence-corrected chi connectivity index (χ2v) is 5.77. The molecule has 0 aromatic heterocycles. The number of nitriles is 1. The number of aliphatic hydroxyl groups is 1. The van der Waals surface area contributed by atoms with Crippen LogP contribution in [-0.2, 0) is 11.3 Å². The summed E-state index contributed by atoms with van der Waals surface area (Å²) < 4.78 is 5.21. The zero-order chi connectivity index (χ0) is 16.0. The van der Waals surface area contributed by atoms with Gasteiger partial charge in [-0.15, -0.1) is 0 Å². The van der Waals surface area contributed by atoms with Crippen molar-refractivity contribution in [2.75, 3.05) is 19.7 Å². The molecule has 0 aliphatic carbocycles. The maximum Gasteiger partial charge on any atom is 0.220 e. The molecule has 3 N–H and O–H groups in total. The van der Waals surface area contributed by atoms with Crippen LogP contribution in [0.5, 0.6) is 5.75 Å². The predicted octanol–water partition coefficient (Wildman–Crippen LogP) is 0.791. The molecule has 0 radical (unpaired) electrons. The van der Waals surface area contributed by atoms with Crippen LogP contribution in [0, 0.1) is 11.3 Å². The number of hydrogen-bond donors (Lipinski definition) is 2. The quantitative estimate of drug-likeness (QED) is 0.809. The van der Waals surface area contributed by atoms with E-state index in [1.807, 2.05) is 30.3 Å². The Balaban J connectivity index is 1.92. The van der Waals surface area contributed by atoms with E-state index in [1.165, 1.54) is 0 Å². The Bertz CT molecular complexity index is 553. The van der Waals surface area contributed by atoms with Gasteiger partial charge in [0.05, 0.1) is 12.0 Å². The first-order chi connectivity index (χ1) is 10.5. The fourth-order valence-electron chi connectivity index (χ4n) is 2.87. The van der Waals surface area contributed by atoms with Crippen LogP contribution in [0.3, 0.4) is 0 Å². The molecule has 1 unspecified atom stereocenters. The zero-order valence-electron chi connectivity index (χ0n) is 12.5. The second-order valence-electron chi connectivity index (χ2n) is 5.77. The Morgan fingerprint density at radius 3 is 2.82 bits per heavy atom. The van der Waals surface area contributed by atoms with Crippen molar-refractivity contribution in [3.05, 3.63) is 29.8 Å². The van der Waals surface area contributed by atoms with Gasteiger partial charge in [-0.25, -0.2) is 0 Å². The van der Waals surface area contributed by atoms with Crippen LogP contribution >= 0.6 is 0 Å². The van der Waals surface area contributed by atoms with Gasteiger partial charge in [0.25, 0.3) is 0 Å². The molecule has 1 aromatic rings. The average Bonchev–Trinajstić information content (AvgIpc) is 2.45. The van der Waals surface area contributed by atoms with Crippen LogP contribution in [-0.4, -0.2) is 41.2 Å². The van der Waals surface area contributed by atoms with E-state index in [0.717, 1.165) is 18.5 Å². The summed E-state index contributed by atoms with van der Waals surface area (Å²) in [5.74, 6) is 0.192. The summed E-state index contributed by atoms with van der Waals surface area (Å²) in [7, 11) is 0. The number of amides is 1. The van der Waals surface area contributed by atoms with E-state index in [4.69, 9.17) is 15.7 Å². The molecule has 118 valence electrons. The number of carbonyl (C=O) groups excluding carboxylic acids is 1. The first kappa shape index (κ1) is 16.3. The number of carbonyl (C=O) groups is 1. The Kier molecular flexibility index (Phi) is 5.36. The highest BCUT2D eigenvalue weighted by Gasteiger charge is 2.34. The topological polar surface area (TPSA) is 99.6 Å². The van der Waals surface area contributed by atoms with E-state index in [-0.39, 0.29) is 13.0 Å². The Morgan fingerprint density at radius 2 is 2.18 bits per heavy atom. The van der Waals surface area contributed by atoms with Gasteiger partial charge in [0.2, 0.25) is 5.91 Å². The SMILES string of the molecule is N#CCOc1ccc(CN2CCCC(O)(CC(N)=O)C2)cc1. The Labute approximate surface area is 130 Å². The minimum Gasteiger partial charge on any atom is -0.479 e. The lowest BCUT2D eigenvalue weighted by Gasteiger charge is -2.38. The molecule has 0 spiro atoms. The summed E-state index contributed by atoms with van der Waals surface area (Å²) in [6, 6.07) is 9.45. The molecule has 1 aliphatic heterocycles. The normalized spacial score (nSPS) is 22.0. The first-order valence-electron chi connectivity index (χ1n) is 7.32. The first-order valence-corrected chi connectivity index (χ1v) is 7.32. The Morgan fingerprint density at radius 1 is 1.45 bits per heavy atom. The number of nitrogens with two attached hydrogens (primary N) is 1. The van der Waals surface area contributed by atoms with Crippen molar-refractivity contribution < 1.29 is 14.6 Å². The number of β-amino-alcohol motifs (C(OH)–C–C–N with tert-alkyl or cyclic N) is 1. The lowest BCUT2D eigenvalue weighted by atomic mass is 9.89. The van der Waals surface area contributed by atoms with Gasteiger partial charge in [0.1, 0.15) is 11.8 Å². The molecule has 6 nitrogen and oxygen atoms in total. The molecule has 1 aliphatic rings. The van der Waals surface area contributed by atoms with Crippen molar-refractivity contribution in [1.82, 2.24) is 4.90 Å². The number of rotatable bonds is 6. The molecule has 1 atom stereocenters. The molecular formula is C16H21N3O3. The van der Waals surface area contributed by atoms with E-state index < -0.39 is 11.5 Å². The van der Waals surface area contributed by atoms with Crippen LogP contribution in [0.2, 0.25) is 0 Å². The number of nitrogens with zero attached hydrogens (tertiary/aromatic N) is 2. The third kappa shape index (κ3) is 4.72. The largest absolute Gasteiger partial charge is 0.479 e. The molecule has 2 rings (SSSR count).